The molecule has 6 N–H and O–H groups in total. The van der Waals surface area contributed by atoms with Crippen LogP contribution in [0, 0.1) is 0 Å². The summed E-state index contributed by atoms with van der Waals surface area (Å²) in [5.74, 6) is -2.25. The molecule has 2 aliphatic heterocycles. The van der Waals surface area contributed by atoms with Crippen molar-refractivity contribution in [2.45, 2.75) is 17.8 Å². The van der Waals surface area contributed by atoms with Crippen LogP contribution in [0.4, 0.5) is 10.3 Å². The van der Waals surface area contributed by atoms with Crippen molar-refractivity contribution in [2.75, 3.05) is 24.3 Å². The van der Waals surface area contributed by atoms with Crippen LogP contribution in [0.5, 0.6) is 0 Å². The van der Waals surface area contributed by atoms with Crippen LogP contribution in [0.25, 0.3) is 0 Å². The van der Waals surface area contributed by atoms with Crippen LogP contribution in [0.1, 0.15) is 17.1 Å². The van der Waals surface area contributed by atoms with Crippen molar-refractivity contribution in [1.29, 1.82) is 0 Å². The molecule has 4 rings (SSSR count). The van der Waals surface area contributed by atoms with Crippen molar-refractivity contribution >= 4 is 85.3 Å². The van der Waals surface area contributed by atoms with Gasteiger partial charge in [0.1, 0.15) is 29.9 Å². The molecule has 178 valence electrons. The van der Waals surface area contributed by atoms with Gasteiger partial charge in [-0.2, -0.15) is 0 Å². The van der Waals surface area contributed by atoms with E-state index in [0.717, 1.165) is 27.6 Å². The Morgan fingerprint density at radius 1 is 1.38 bits per heavy atom. The van der Waals surface area contributed by atoms with Crippen LogP contribution in [0.2, 0.25) is 0 Å². The average molecular weight is 541 g/mol. The van der Waals surface area contributed by atoms with Gasteiger partial charge >= 0.3 is 5.97 Å². The summed E-state index contributed by atoms with van der Waals surface area (Å²) in [6, 6.07) is -0.957. The van der Waals surface area contributed by atoms with E-state index >= 15 is 0 Å². The number of thiazole rings is 1. The van der Waals surface area contributed by atoms with Gasteiger partial charge in [-0.15, -0.1) is 33.3 Å². The van der Waals surface area contributed by atoms with E-state index in [1.54, 1.807) is 0 Å². The summed E-state index contributed by atoms with van der Waals surface area (Å²) < 4.78 is 0. The number of oxime groups is 1. The van der Waals surface area contributed by atoms with Gasteiger partial charge in [-0.3, -0.25) is 14.5 Å². The number of rotatable bonds is 8. The molecule has 2 atom stereocenters. The van der Waals surface area contributed by atoms with E-state index in [9.17, 15) is 19.5 Å². The minimum Gasteiger partial charge on any atom is -0.477 e. The molecule has 4 heterocycles. The van der Waals surface area contributed by atoms with Gasteiger partial charge in [-0.05, 0) is 5.57 Å². The standard InChI is InChI=1S/C17H16N8O5S4/c1-30-24-8(6-4-33-16(18)20-6)11(26)21-9-13(27)25-10(15(28)29)5(3-32-14(9)25)2-7(31)12-22-23-17(19)34-12/h4,9,14H,2-3H2,1H3,(H2,18,20)(H2,19,23)(H,21,26)(H,28,29). The highest BCUT2D eigenvalue weighted by atomic mass is 32.2. The molecule has 0 aliphatic carbocycles. The van der Waals surface area contributed by atoms with E-state index in [0.29, 0.717) is 21.2 Å². The predicted octanol–water partition coefficient (Wildman–Crippen LogP) is 0.0564. The molecule has 2 aromatic rings. The van der Waals surface area contributed by atoms with Crippen LogP contribution in [-0.2, 0) is 19.2 Å². The quantitative estimate of drug-likeness (QED) is 0.116. The molecule has 2 unspecified atom stereocenters. The lowest BCUT2D eigenvalue weighted by atomic mass is 10.0. The lowest BCUT2D eigenvalue weighted by molar-refractivity contribution is -0.150. The first kappa shape index (κ1) is 24.0. The van der Waals surface area contributed by atoms with E-state index in [1.807, 2.05) is 0 Å². The summed E-state index contributed by atoms with van der Waals surface area (Å²) in [5.41, 5.74) is 11.6. The van der Waals surface area contributed by atoms with Crippen LogP contribution >= 0.6 is 46.7 Å². The minimum absolute atomic E-state index is 0.113. The topological polar surface area (TPSA) is 199 Å². The first-order valence-electron chi connectivity index (χ1n) is 9.36. The molecule has 1 fully saturated rings. The molecule has 2 aromatic heterocycles. The van der Waals surface area contributed by atoms with Gasteiger partial charge in [0, 0.05) is 17.6 Å². The molecule has 0 aromatic carbocycles. The second-order valence-electron chi connectivity index (χ2n) is 6.86. The van der Waals surface area contributed by atoms with Gasteiger partial charge in [0.2, 0.25) is 5.13 Å². The third kappa shape index (κ3) is 4.46. The maximum absolute atomic E-state index is 12.9. The van der Waals surface area contributed by atoms with Crippen LogP contribution in [-0.4, -0.2) is 77.8 Å². The maximum atomic E-state index is 12.9. The highest BCUT2D eigenvalue weighted by molar-refractivity contribution is 8.00. The number of hydrogen-bond donors (Lipinski definition) is 4. The number of carbonyl (C=O) groups is 3. The number of nitrogen functional groups attached to an aromatic ring is 2. The number of nitrogens with two attached hydrogens (primary N) is 2. The van der Waals surface area contributed by atoms with E-state index in [-0.39, 0.29) is 33.8 Å². The van der Waals surface area contributed by atoms with Gasteiger partial charge in [-0.25, -0.2) is 9.78 Å². The number of amides is 2. The molecule has 1 saturated heterocycles. The van der Waals surface area contributed by atoms with Crippen LogP contribution in [0.15, 0.2) is 21.8 Å². The zero-order valence-electron chi connectivity index (χ0n) is 17.3. The van der Waals surface area contributed by atoms with Gasteiger partial charge in [0.05, 0.1) is 4.86 Å². The molecule has 0 saturated carbocycles. The predicted molar refractivity (Wildman–Crippen MR) is 130 cm³/mol. The Morgan fingerprint density at radius 2 is 2.15 bits per heavy atom. The Kier molecular flexibility index (Phi) is 6.78. The molecule has 0 spiro atoms. The summed E-state index contributed by atoms with van der Waals surface area (Å²) in [6.45, 7) is 0. The Labute approximate surface area is 209 Å². The molecular formula is C17H16N8O5S4. The Hall–Kier alpha value is -3.15. The summed E-state index contributed by atoms with van der Waals surface area (Å²) in [5, 5.41) is 25.5. The summed E-state index contributed by atoms with van der Waals surface area (Å²) >= 11 is 8.89. The highest BCUT2D eigenvalue weighted by Crippen LogP contribution is 2.41. The van der Waals surface area contributed by atoms with Gasteiger partial charge < -0.3 is 26.7 Å². The first-order valence-corrected chi connectivity index (χ1v) is 12.5. The van der Waals surface area contributed by atoms with Crippen molar-refractivity contribution < 1.29 is 24.3 Å². The largest absolute Gasteiger partial charge is 0.477 e. The Balaban J connectivity index is 1.52. The number of nitrogens with zero attached hydrogens (tertiary/aromatic N) is 5. The number of nitrogens with one attached hydrogen (secondary N) is 1. The lowest BCUT2D eigenvalue weighted by Crippen LogP contribution is -2.71. The molecule has 0 bridgehead atoms. The molecule has 2 amide bonds. The number of thioether (sulfide) groups is 1. The lowest BCUT2D eigenvalue weighted by Gasteiger charge is -2.49. The number of anilines is 2. The molecular weight excluding hydrogens is 525 g/mol. The van der Waals surface area contributed by atoms with Crippen molar-refractivity contribution in [3.05, 3.63) is 27.4 Å². The van der Waals surface area contributed by atoms with Crippen LogP contribution in [0.3, 0.4) is 0 Å². The van der Waals surface area contributed by atoms with E-state index in [4.69, 9.17) is 28.5 Å². The monoisotopic (exact) mass is 540 g/mol. The number of aliphatic carboxylic acids is 1. The van der Waals surface area contributed by atoms with Crippen LogP contribution < -0.4 is 16.8 Å². The fraction of sp³-hybridized carbons (Fsp3) is 0.294. The van der Waals surface area contributed by atoms with Gasteiger partial charge in [-0.1, -0.05) is 28.7 Å². The summed E-state index contributed by atoms with van der Waals surface area (Å²) in [6.07, 6.45) is 0.113. The van der Waals surface area contributed by atoms with E-state index < -0.39 is 29.2 Å². The second-order valence-corrected chi connectivity index (χ2v) is 10.4. The van der Waals surface area contributed by atoms with Crippen molar-refractivity contribution in [2.24, 2.45) is 5.16 Å². The smallest absolute Gasteiger partial charge is 0.352 e. The highest BCUT2D eigenvalue weighted by Gasteiger charge is 2.54. The summed E-state index contributed by atoms with van der Waals surface area (Å²) in [7, 11) is 1.27. The molecule has 34 heavy (non-hydrogen) atoms. The fourth-order valence-corrected chi connectivity index (χ4v) is 6.12. The minimum atomic E-state index is -1.27. The molecule has 2 aliphatic rings. The second kappa shape index (κ2) is 9.61. The van der Waals surface area contributed by atoms with Crippen molar-refractivity contribution in [1.82, 2.24) is 25.4 Å². The Morgan fingerprint density at radius 3 is 2.74 bits per heavy atom. The molecule has 0 radical (unpaired) electrons. The number of carbonyl (C=O) groups excluding carboxylic acids is 2. The third-order valence-corrected chi connectivity index (χ3v) is 8.04. The van der Waals surface area contributed by atoms with Gasteiger partial charge in [0.25, 0.3) is 11.8 Å². The number of aromatic nitrogens is 3. The molecule has 17 heteroatoms. The number of fused-ring (bicyclic) bond motifs is 1. The zero-order chi connectivity index (χ0) is 24.6. The maximum Gasteiger partial charge on any atom is 0.352 e. The van der Waals surface area contributed by atoms with Crippen molar-refractivity contribution in [3.8, 4) is 0 Å². The summed E-state index contributed by atoms with van der Waals surface area (Å²) in [4.78, 5) is 48.0. The third-order valence-electron chi connectivity index (χ3n) is 4.75. The van der Waals surface area contributed by atoms with E-state index in [1.165, 1.54) is 24.3 Å². The number of hydrogen-bond acceptors (Lipinski definition) is 14. The first-order chi connectivity index (χ1) is 16.2. The number of β-lactam (4-membered cyclic amide) rings is 1. The fourth-order valence-electron chi connectivity index (χ4n) is 3.34. The average Bonchev–Trinajstić information content (AvgIpc) is 3.43. The number of carboxylic acids is 1. The molecule has 13 nitrogen and oxygen atoms in total. The van der Waals surface area contributed by atoms with Gasteiger partial charge in [0.15, 0.2) is 15.9 Å². The SMILES string of the molecule is CON=C(C(=O)NC1C(=O)N2C(C(=O)O)=C(CC(=S)c3nnc(N)s3)CSC12)c1csc(N)n1. The van der Waals surface area contributed by atoms with Crippen molar-refractivity contribution in [3.63, 3.8) is 0 Å². The number of thiocarbonyl (C=S) groups is 1. The normalized spacial score (nSPS) is 20.0. The van der Waals surface area contributed by atoms with E-state index in [2.05, 4.69) is 25.7 Å². The zero-order valence-corrected chi connectivity index (χ0v) is 20.5. The number of carboxylic acid groups (broad SMARTS) is 1. The Bertz CT molecular complexity index is 1250.